The second kappa shape index (κ2) is 10.3. The Hall–Kier alpha value is -5.92. The van der Waals surface area contributed by atoms with Gasteiger partial charge in [0, 0.05) is 0 Å². The summed E-state index contributed by atoms with van der Waals surface area (Å²) in [6, 6.07) is 2.62. The first kappa shape index (κ1) is 33.4. The molecule has 48 heavy (non-hydrogen) atoms. The third-order valence-corrected chi connectivity index (χ3v) is 7.09. The van der Waals surface area contributed by atoms with Gasteiger partial charge >= 0.3 is 24.7 Å². The van der Waals surface area contributed by atoms with Gasteiger partial charge in [-0.05, 0) is 30.3 Å². The van der Waals surface area contributed by atoms with Gasteiger partial charge in [0.15, 0.2) is 5.69 Å². The van der Waals surface area contributed by atoms with E-state index in [4.69, 9.17) is 11.8 Å². The molecule has 0 amide bonds. The molecule has 246 valence electrons. The Morgan fingerprint density at radius 2 is 0.917 bits per heavy atom. The molecule has 0 bridgehead atoms. The van der Waals surface area contributed by atoms with E-state index in [1.807, 2.05) is 0 Å². The zero-order chi connectivity index (χ0) is 36.0. The largest absolute Gasteiger partial charge is 0.418 e. The van der Waals surface area contributed by atoms with Gasteiger partial charge in [0.05, 0.1) is 73.4 Å². The predicted octanol–water partition coefficient (Wildman–Crippen LogP) is 6.39. The average Bonchev–Trinajstić information content (AvgIpc) is 3.37. The highest BCUT2D eigenvalue weighted by Crippen LogP contribution is 2.45. The lowest BCUT2D eigenvalue weighted by Crippen LogP contribution is -2.26. The summed E-state index contributed by atoms with van der Waals surface area (Å²) in [5.74, 6) is 0. The molecule has 5 rings (SSSR count). The van der Waals surface area contributed by atoms with Crippen LogP contribution in [0, 0.1) is 17.9 Å². The fraction of sp³-hybridized carbons (Fsp3) is 0.143. The Labute approximate surface area is 254 Å². The van der Waals surface area contributed by atoms with Gasteiger partial charge in [0.1, 0.15) is 0 Å². The number of fused-ring (bicyclic) bond motifs is 2. The number of nitrogens with zero attached hydrogens (tertiary/aromatic N) is 4. The van der Waals surface area contributed by atoms with Crippen molar-refractivity contribution in [1.82, 2.24) is 9.13 Å². The standard InChI is InChI=1S/C28H6F12N4O4/c1-42-14-5-4-11(7-13(14)26(32,33)34)44-23(47)17-18(24(44)48)20(28(38,39)40)16-15(19(17)27(35,36)37)21(45)43(22(16)46)10-3-2-9(8-41)12(6-10)25(29,30)31/h2-7H. The molecule has 0 N–H and O–H groups in total. The molecule has 0 saturated heterocycles. The lowest BCUT2D eigenvalue weighted by atomic mass is 9.96. The van der Waals surface area contributed by atoms with Gasteiger partial charge in [-0.3, -0.25) is 19.2 Å². The Bertz CT molecular complexity index is 2260. The number of rotatable bonds is 2. The number of hydrogen-bond acceptors (Lipinski definition) is 5. The molecule has 0 atom stereocenters. The zero-order valence-electron chi connectivity index (χ0n) is 22.4. The van der Waals surface area contributed by atoms with Crippen LogP contribution in [0.1, 0.15) is 27.8 Å². The maximum absolute atomic E-state index is 14.6. The third kappa shape index (κ3) is 4.87. The SMILES string of the molecule is [C-]#[N+]c1ccc(-n2c(=O)c3c(C(F)(F)F)c4c(=O)n(-c5ccc(C#N)c(C(F)(F)F)c5)c(=O)c4c(C(F)(F)F)c3c2=O)cc1C(F)(F)F. The molecule has 0 spiro atoms. The Kier molecular flexibility index (Phi) is 7.17. The molecule has 3 aromatic carbocycles. The van der Waals surface area contributed by atoms with Crippen molar-refractivity contribution in [2.45, 2.75) is 24.7 Å². The van der Waals surface area contributed by atoms with Crippen molar-refractivity contribution in [3.63, 3.8) is 0 Å². The normalized spacial score (nSPS) is 12.9. The van der Waals surface area contributed by atoms with Crippen molar-refractivity contribution in [2.75, 3.05) is 0 Å². The first-order valence-electron chi connectivity index (χ1n) is 12.3. The topological polar surface area (TPSA) is 106 Å². The van der Waals surface area contributed by atoms with Crippen LogP contribution in [0.3, 0.4) is 0 Å². The fourth-order valence-corrected chi connectivity index (χ4v) is 5.26. The molecular weight excluding hydrogens is 684 g/mol. The van der Waals surface area contributed by atoms with E-state index in [0.717, 1.165) is 6.07 Å². The highest BCUT2D eigenvalue weighted by Gasteiger charge is 2.47. The minimum absolute atomic E-state index is 0.0650. The summed E-state index contributed by atoms with van der Waals surface area (Å²) in [6.45, 7) is 6.87. The Balaban J connectivity index is 2.06. The molecule has 5 aromatic rings. The van der Waals surface area contributed by atoms with Crippen LogP contribution in [-0.2, 0) is 24.7 Å². The van der Waals surface area contributed by atoms with E-state index in [2.05, 4.69) is 4.85 Å². The third-order valence-electron chi connectivity index (χ3n) is 7.09. The van der Waals surface area contributed by atoms with Crippen molar-refractivity contribution >= 4 is 27.2 Å². The van der Waals surface area contributed by atoms with Crippen molar-refractivity contribution in [3.8, 4) is 17.4 Å². The number of nitriles is 1. The molecule has 0 saturated carbocycles. The quantitative estimate of drug-likeness (QED) is 0.158. The van der Waals surface area contributed by atoms with Gasteiger partial charge in [0.2, 0.25) is 0 Å². The maximum Gasteiger partial charge on any atom is 0.418 e. The molecule has 0 fully saturated rings. The van der Waals surface area contributed by atoms with E-state index >= 15 is 0 Å². The summed E-state index contributed by atoms with van der Waals surface area (Å²) < 4.78 is 168. The summed E-state index contributed by atoms with van der Waals surface area (Å²) >= 11 is 0. The summed E-state index contributed by atoms with van der Waals surface area (Å²) in [5, 5.41) is 0.257. The fourth-order valence-electron chi connectivity index (χ4n) is 5.26. The van der Waals surface area contributed by atoms with Crippen molar-refractivity contribution in [2.24, 2.45) is 0 Å². The lowest BCUT2D eigenvalue weighted by molar-refractivity contribution is -0.138. The van der Waals surface area contributed by atoms with Crippen molar-refractivity contribution in [1.29, 1.82) is 5.26 Å². The summed E-state index contributed by atoms with van der Waals surface area (Å²) in [5.41, 5.74) is -22.8. The van der Waals surface area contributed by atoms with Crippen molar-refractivity contribution < 1.29 is 52.7 Å². The van der Waals surface area contributed by atoms with Gasteiger partial charge < -0.3 is 0 Å². The second-order valence-electron chi connectivity index (χ2n) is 9.79. The molecule has 2 heterocycles. The lowest BCUT2D eigenvalue weighted by Gasteiger charge is -2.13. The number of alkyl halides is 12. The van der Waals surface area contributed by atoms with E-state index in [1.54, 1.807) is 0 Å². The molecular formula is C28H6F12N4O4. The van der Waals surface area contributed by atoms with Crippen molar-refractivity contribution in [3.05, 3.63) is 117 Å². The Morgan fingerprint density at radius 3 is 1.23 bits per heavy atom. The highest BCUT2D eigenvalue weighted by atomic mass is 19.4. The van der Waals surface area contributed by atoms with Crippen LogP contribution in [0.25, 0.3) is 37.8 Å². The van der Waals surface area contributed by atoms with E-state index in [9.17, 15) is 71.9 Å². The number of aromatic nitrogens is 2. The van der Waals surface area contributed by atoms with Crippen LogP contribution in [0.4, 0.5) is 58.4 Å². The van der Waals surface area contributed by atoms with E-state index < -0.39 is 123 Å². The molecule has 0 aliphatic rings. The van der Waals surface area contributed by atoms with Crippen LogP contribution >= 0.6 is 0 Å². The maximum atomic E-state index is 14.6. The summed E-state index contributed by atoms with van der Waals surface area (Å²) in [6.07, 6.45) is -22.9. The van der Waals surface area contributed by atoms with E-state index in [-0.39, 0.29) is 12.1 Å². The van der Waals surface area contributed by atoms with Crippen LogP contribution in [0.5, 0.6) is 0 Å². The Morgan fingerprint density at radius 1 is 0.562 bits per heavy atom. The van der Waals surface area contributed by atoms with Gasteiger partial charge in [0.25, 0.3) is 22.2 Å². The van der Waals surface area contributed by atoms with Crippen LogP contribution in [0.15, 0.2) is 55.6 Å². The molecule has 0 unspecified atom stereocenters. The smallest absolute Gasteiger partial charge is 0.268 e. The van der Waals surface area contributed by atoms with Crippen LogP contribution in [-0.4, -0.2) is 9.13 Å². The summed E-state index contributed by atoms with van der Waals surface area (Å²) in [4.78, 5) is 56.0. The molecule has 0 radical (unpaired) electrons. The number of benzene rings is 3. The van der Waals surface area contributed by atoms with E-state index in [0.29, 0.717) is 24.3 Å². The summed E-state index contributed by atoms with van der Waals surface area (Å²) in [7, 11) is 0. The van der Waals surface area contributed by atoms with Crippen LogP contribution < -0.4 is 22.2 Å². The van der Waals surface area contributed by atoms with Gasteiger partial charge in [-0.2, -0.15) is 57.9 Å². The van der Waals surface area contributed by atoms with Crippen LogP contribution in [0.2, 0.25) is 0 Å². The first-order chi connectivity index (χ1) is 22.0. The monoisotopic (exact) mass is 690 g/mol. The minimum Gasteiger partial charge on any atom is -0.268 e. The number of hydrogen-bond donors (Lipinski definition) is 0. The molecule has 8 nitrogen and oxygen atoms in total. The minimum atomic E-state index is -6.05. The van der Waals surface area contributed by atoms with Gasteiger partial charge in [-0.25, -0.2) is 14.0 Å². The first-order valence-corrected chi connectivity index (χ1v) is 12.3. The molecule has 20 heteroatoms. The second-order valence-corrected chi connectivity index (χ2v) is 9.79. The number of halogens is 12. The molecule has 2 aromatic heterocycles. The predicted molar refractivity (Wildman–Crippen MR) is 139 cm³/mol. The van der Waals surface area contributed by atoms with E-state index in [1.165, 1.54) is 0 Å². The molecule has 0 aliphatic carbocycles. The highest BCUT2D eigenvalue weighted by molar-refractivity contribution is 6.07. The van der Waals surface area contributed by atoms with Gasteiger partial charge in [-0.1, -0.05) is 6.07 Å². The zero-order valence-corrected chi connectivity index (χ0v) is 22.4. The molecule has 0 aliphatic heterocycles. The average molecular weight is 690 g/mol. The van der Waals surface area contributed by atoms with Gasteiger partial charge in [-0.15, -0.1) is 0 Å².